The van der Waals surface area contributed by atoms with Crippen LogP contribution in [-0.4, -0.2) is 34.9 Å². The Kier molecular flexibility index (Phi) is 7.01. The molecule has 1 amide bonds. The number of furan rings is 1. The van der Waals surface area contributed by atoms with Crippen LogP contribution in [0.5, 0.6) is 5.75 Å². The highest BCUT2D eigenvalue weighted by Crippen LogP contribution is 2.24. The van der Waals surface area contributed by atoms with Crippen molar-refractivity contribution in [3.8, 4) is 17.1 Å². The molecular weight excluding hydrogens is 454 g/mol. The summed E-state index contributed by atoms with van der Waals surface area (Å²) in [6.45, 7) is 1.20. The summed E-state index contributed by atoms with van der Waals surface area (Å²) >= 11 is 0. The first-order valence-corrected chi connectivity index (χ1v) is 10.6. The van der Waals surface area contributed by atoms with Gasteiger partial charge < -0.3 is 23.7 Å². The van der Waals surface area contributed by atoms with Crippen LogP contribution in [0.25, 0.3) is 11.3 Å². The van der Waals surface area contributed by atoms with E-state index in [1.165, 1.54) is 20.1 Å². The van der Waals surface area contributed by atoms with Crippen LogP contribution in [0.3, 0.4) is 0 Å². The van der Waals surface area contributed by atoms with Crippen molar-refractivity contribution in [2.45, 2.75) is 20.0 Å². The Hall–Kier alpha value is -4.73. The van der Waals surface area contributed by atoms with Crippen LogP contribution in [0.2, 0.25) is 0 Å². The fraction of sp³-hybridized carbons (Fsp3) is 0.160. The molecule has 4 aromatic rings. The van der Waals surface area contributed by atoms with Crippen molar-refractivity contribution in [3.63, 3.8) is 0 Å². The second-order valence-corrected chi connectivity index (χ2v) is 7.40. The Bertz CT molecular complexity index is 1360. The quantitative estimate of drug-likeness (QED) is 0.281. The van der Waals surface area contributed by atoms with Gasteiger partial charge in [0.05, 0.1) is 19.2 Å². The summed E-state index contributed by atoms with van der Waals surface area (Å²) in [4.78, 5) is 40.1. The van der Waals surface area contributed by atoms with Gasteiger partial charge in [-0.25, -0.2) is 4.79 Å². The first-order chi connectivity index (χ1) is 16.9. The molecule has 2 heterocycles. The van der Waals surface area contributed by atoms with Gasteiger partial charge in [-0.15, -0.1) is 0 Å². The maximum Gasteiger partial charge on any atom is 0.374 e. The molecule has 0 aliphatic carbocycles. The molecule has 4 rings (SSSR count). The number of anilines is 1. The van der Waals surface area contributed by atoms with E-state index < -0.39 is 5.97 Å². The lowest BCUT2D eigenvalue weighted by atomic mass is 10.1. The molecule has 2 aromatic carbocycles. The van der Waals surface area contributed by atoms with E-state index in [2.05, 4.69) is 15.5 Å². The molecule has 0 fully saturated rings. The Morgan fingerprint density at radius 3 is 2.51 bits per heavy atom. The predicted octanol–water partition coefficient (Wildman–Crippen LogP) is 4.08. The number of nitrogens with zero attached hydrogens (tertiary/aromatic N) is 2. The molecule has 2 aromatic heterocycles. The molecular formula is C25H21N3O7. The normalized spacial score (nSPS) is 10.6. The minimum Gasteiger partial charge on any atom is -0.495 e. The van der Waals surface area contributed by atoms with Gasteiger partial charge in [0.15, 0.2) is 18.2 Å². The van der Waals surface area contributed by atoms with Crippen LogP contribution >= 0.6 is 0 Å². The summed E-state index contributed by atoms with van der Waals surface area (Å²) in [5, 5.41) is 6.45. The lowest BCUT2D eigenvalue weighted by Crippen LogP contribution is -2.15. The Labute approximate surface area is 199 Å². The van der Waals surface area contributed by atoms with Gasteiger partial charge in [0.25, 0.3) is 5.89 Å². The highest BCUT2D eigenvalue weighted by Gasteiger charge is 2.17. The van der Waals surface area contributed by atoms with Gasteiger partial charge in [-0.3, -0.25) is 9.59 Å². The van der Waals surface area contributed by atoms with Crippen molar-refractivity contribution in [1.82, 2.24) is 10.1 Å². The topological polar surface area (TPSA) is 134 Å². The average Bonchev–Trinajstić information content (AvgIpc) is 3.53. The standard InChI is InChI=1S/C25H21N3O7/c1-15(29)16-7-9-17(10-8-16)19-11-12-21(34-19)25(31)33-14-24-27-22(28-35-24)13-23(30)26-18-5-3-4-6-20(18)32-2/h3-12H,13-14H2,1-2H3,(H,26,30). The second-order valence-electron chi connectivity index (χ2n) is 7.40. The third kappa shape index (κ3) is 5.80. The third-order valence-corrected chi connectivity index (χ3v) is 4.92. The summed E-state index contributed by atoms with van der Waals surface area (Å²) in [5.41, 5.74) is 1.81. The molecule has 0 aliphatic heterocycles. The van der Waals surface area contributed by atoms with E-state index >= 15 is 0 Å². The number of carbonyl (C=O) groups is 3. The van der Waals surface area contributed by atoms with E-state index in [0.29, 0.717) is 28.3 Å². The van der Waals surface area contributed by atoms with Crippen molar-refractivity contribution in [2.75, 3.05) is 12.4 Å². The number of para-hydroxylation sites is 2. The molecule has 0 radical (unpaired) electrons. The Morgan fingerprint density at radius 1 is 1.00 bits per heavy atom. The molecule has 0 aliphatic rings. The molecule has 0 unspecified atom stereocenters. The number of methoxy groups -OCH3 is 1. The highest BCUT2D eigenvalue weighted by atomic mass is 16.6. The fourth-order valence-corrected chi connectivity index (χ4v) is 3.18. The molecule has 0 atom stereocenters. The zero-order valence-electron chi connectivity index (χ0n) is 18.9. The number of hydrogen-bond donors (Lipinski definition) is 1. The number of hydrogen-bond acceptors (Lipinski definition) is 9. The molecule has 0 spiro atoms. The Balaban J connectivity index is 1.30. The largest absolute Gasteiger partial charge is 0.495 e. The lowest BCUT2D eigenvalue weighted by Gasteiger charge is -2.08. The second kappa shape index (κ2) is 10.5. The van der Waals surface area contributed by atoms with Crippen LogP contribution in [0.1, 0.15) is 39.6 Å². The number of esters is 1. The van der Waals surface area contributed by atoms with Crippen LogP contribution in [0.15, 0.2) is 69.6 Å². The van der Waals surface area contributed by atoms with Crippen LogP contribution < -0.4 is 10.1 Å². The van der Waals surface area contributed by atoms with Gasteiger partial charge >= 0.3 is 5.97 Å². The number of aromatic nitrogens is 2. The van der Waals surface area contributed by atoms with Crippen molar-refractivity contribution in [1.29, 1.82) is 0 Å². The fourth-order valence-electron chi connectivity index (χ4n) is 3.18. The van der Waals surface area contributed by atoms with E-state index in [0.717, 1.165) is 0 Å². The van der Waals surface area contributed by atoms with Gasteiger partial charge in [-0.1, -0.05) is 41.6 Å². The lowest BCUT2D eigenvalue weighted by molar-refractivity contribution is -0.115. The molecule has 178 valence electrons. The molecule has 0 bridgehead atoms. The zero-order valence-corrected chi connectivity index (χ0v) is 18.9. The number of ether oxygens (including phenoxy) is 2. The average molecular weight is 475 g/mol. The predicted molar refractivity (Wildman–Crippen MR) is 123 cm³/mol. The van der Waals surface area contributed by atoms with Crippen LogP contribution in [0, 0.1) is 0 Å². The molecule has 1 N–H and O–H groups in total. The Morgan fingerprint density at radius 2 is 1.77 bits per heavy atom. The minimum atomic E-state index is -0.717. The van der Waals surface area contributed by atoms with Crippen molar-refractivity contribution >= 4 is 23.3 Å². The number of benzene rings is 2. The van der Waals surface area contributed by atoms with Crippen LogP contribution in [-0.2, 0) is 22.6 Å². The first kappa shape index (κ1) is 23.4. The summed E-state index contributed by atoms with van der Waals surface area (Å²) < 4.78 is 21.0. The maximum atomic E-state index is 12.3. The van der Waals surface area contributed by atoms with E-state index in [4.69, 9.17) is 18.4 Å². The summed E-state index contributed by atoms with van der Waals surface area (Å²) in [5.74, 6) is 0.0170. The number of Topliss-reactive ketones (excluding diaryl/α,β-unsaturated/α-hetero) is 1. The van der Waals surface area contributed by atoms with E-state index in [9.17, 15) is 14.4 Å². The van der Waals surface area contributed by atoms with Gasteiger partial charge in [0, 0.05) is 11.1 Å². The zero-order chi connectivity index (χ0) is 24.8. The molecule has 35 heavy (non-hydrogen) atoms. The number of ketones is 1. The van der Waals surface area contributed by atoms with Gasteiger partial charge in [-0.05, 0) is 31.2 Å². The van der Waals surface area contributed by atoms with Crippen molar-refractivity contribution in [2.24, 2.45) is 0 Å². The smallest absolute Gasteiger partial charge is 0.374 e. The maximum absolute atomic E-state index is 12.3. The molecule has 10 nitrogen and oxygen atoms in total. The summed E-state index contributed by atoms with van der Waals surface area (Å²) in [6.07, 6.45) is -0.139. The number of nitrogens with one attached hydrogen (secondary N) is 1. The first-order valence-electron chi connectivity index (χ1n) is 10.6. The number of amides is 1. The number of carbonyl (C=O) groups excluding carboxylic acids is 3. The van der Waals surface area contributed by atoms with E-state index in [1.54, 1.807) is 54.6 Å². The molecule has 0 saturated carbocycles. The monoisotopic (exact) mass is 475 g/mol. The molecule has 0 saturated heterocycles. The number of rotatable bonds is 9. The minimum absolute atomic E-state index is 0.00781. The van der Waals surface area contributed by atoms with Crippen molar-refractivity contribution < 1.29 is 32.8 Å². The van der Waals surface area contributed by atoms with Gasteiger partial charge in [-0.2, -0.15) is 4.98 Å². The summed E-state index contributed by atoms with van der Waals surface area (Å²) in [7, 11) is 1.51. The van der Waals surface area contributed by atoms with Gasteiger partial charge in [0.2, 0.25) is 11.7 Å². The third-order valence-electron chi connectivity index (χ3n) is 4.92. The van der Waals surface area contributed by atoms with Gasteiger partial charge in [0.1, 0.15) is 11.5 Å². The van der Waals surface area contributed by atoms with E-state index in [-0.39, 0.29) is 42.2 Å². The van der Waals surface area contributed by atoms with Crippen LogP contribution in [0.4, 0.5) is 5.69 Å². The van der Waals surface area contributed by atoms with E-state index in [1.807, 2.05) is 0 Å². The van der Waals surface area contributed by atoms with Crippen molar-refractivity contribution in [3.05, 3.63) is 83.7 Å². The summed E-state index contributed by atoms with van der Waals surface area (Å²) in [6, 6.07) is 16.9. The molecule has 10 heteroatoms. The SMILES string of the molecule is COc1ccccc1NC(=O)Cc1noc(COC(=O)c2ccc(-c3ccc(C(C)=O)cc3)o2)n1. The highest BCUT2D eigenvalue weighted by molar-refractivity contribution is 5.94.